The minimum absolute atomic E-state index is 0.0468. The number of amidine groups is 1. The van der Waals surface area contributed by atoms with Crippen LogP contribution in [0.25, 0.3) is 0 Å². The van der Waals surface area contributed by atoms with Gasteiger partial charge in [0.2, 0.25) is 11.8 Å². The molecule has 3 unspecified atom stereocenters. The maximum Gasteiger partial charge on any atom is 0.251 e. The number of carbonyl (C=O) groups is 3. The van der Waals surface area contributed by atoms with E-state index in [2.05, 4.69) is 10.6 Å². The van der Waals surface area contributed by atoms with Gasteiger partial charge in [-0.05, 0) is 74.4 Å². The molecule has 1 saturated heterocycles. The Hall–Kier alpha value is -4.33. The van der Waals surface area contributed by atoms with Crippen molar-refractivity contribution in [3.05, 3.63) is 81.8 Å². The molecule has 3 aromatic rings. The molecule has 2 aromatic carbocycles. The van der Waals surface area contributed by atoms with Crippen LogP contribution in [-0.2, 0) is 14.3 Å². The summed E-state index contributed by atoms with van der Waals surface area (Å²) >= 11 is 1.39. The summed E-state index contributed by atoms with van der Waals surface area (Å²) in [5, 5.41) is 15.1. The van der Waals surface area contributed by atoms with E-state index in [0.717, 1.165) is 4.88 Å². The van der Waals surface area contributed by atoms with Gasteiger partial charge in [-0.1, -0.05) is 0 Å². The number of carbonyl (C=O) groups excluding carboxylic acids is 3. The lowest BCUT2D eigenvalue weighted by Gasteiger charge is -2.28. The van der Waals surface area contributed by atoms with E-state index in [1.165, 1.54) is 35.6 Å². The van der Waals surface area contributed by atoms with Crippen molar-refractivity contribution in [3.8, 4) is 11.5 Å². The van der Waals surface area contributed by atoms with E-state index in [4.69, 9.17) is 26.4 Å². The number of rotatable bonds is 13. The van der Waals surface area contributed by atoms with Gasteiger partial charge in [-0.2, -0.15) is 0 Å². The van der Waals surface area contributed by atoms with Crippen molar-refractivity contribution in [2.75, 3.05) is 26.3 Å². The first-order valence-corrected chi connectivity index (χ1v) is 15.1. The van der Waals surface area contributed by atoms with Crippen molar-refractivity contribution >= 4 is 34.9 Å². The lowest BCUT2D eigenvalue weighted by atomic mass is 10.00. The fraction of sp³-hybridized carbons (Fsp3) is 0.355. The van der Waals surface area contributed by atoms with Crippen LogP contribution in [0.4, 0.5) is 4.39 Å². The third-order valence-corrected chi connectivity index (χ3v) is 9.06. The average molecular weight is 623 g/mol. The highest BCUT2D eigenvalue weighted by molar-refractivity contribution is 7.10. The molecule has 1 aliphatic heterocycles. The van der Waals surface area contributed by atoms with E-state index in [1.54, 1.807) is 40.6 Å². The highest BCUT2D eigenvalue weighted by Gasteiger charge is 2.67. The van der Waals surface area contributed by atoms with E-state index >= 15 is 0 Å². The Kier molecular flexibility index (Phi) is 9.28. The molecule has 3 amide bonds. The number of likely N-dealkylation sites (tertiary alicyclic amines) is 1. The fourth-order valence-electron chi connectivity index (χ4n) is 5.54. The highest BCUT2D eigenvalue weighted by atomic mass is 32.1. The number of hydrogen-bond donors (Lipinski definition) is 5. The summed E-state index contributed by atoms with van der Waals surface area (Å²) in [6.45, 7) is 2.71. The van der Waals surface area contributed by atoms with E-state index in [0.29, 0.717) is 55.2 Å². The summed E-state index contributed by atoms with van der Waals surface area (Å²) in [5.74, 6) is -0.607. The monoisotopic (exact) mass is 622 g/mol. The topological polar surface area (TPSA) is 173 Å². The molecule has 0 radical (unpaired) electrons. The third kappa shape index (κ3) is 6.90. The number of nitrogens with one attached hydrogen (secondary N) is 3. The first kappa shape index (κ1) is 31.1. The maximum atomic E-state index is 13.5. The van der Waals surface area contributed by atoms with Crippen molar-refractivity contribution in [3.63, 3.8) is 0 Å². The first-order valence-electron chi connectivity index (χ1n) is 14.2. The minimum Gasteiger partial charge on any atom is -0.457 e. The van der Waals surface area contributed by atoms with Crippen LogP contribution in [0.5, 0.6) is 11.5 Å². The van der Waals surface area contributed by atoms with Gasteiger partial charge in [0.1, 0.15) is 29.2 Å². The van der Waals surface area contributed by atoms with Crippen LogP contribution >= 0.6 is 11.3 Å². The SMILES string of the molecule is C[C@@H](NC(=O)C1CC2(COCCN)CC2N1C(=O)CNC(=O)c1ccc(Oc2ccc(F)cc2)cc1)c1cc(C(=N)N)cs1. The summed E-state index contributed by atoms with van der Waals surface area (Å²) in [7, 11) is 0. The summed E-state index contributed by atoms with van der Waals surface area (Å²) in [4.78, 5) is 42.3. The van der Waals surface area contributed by atoms with Gasteiger partial charge in [0, 0.05) is 39.4 Å². The molecule has 0 bridgehead atoms. The second-order valence-corrected chi connectivity index (χ2v) is 12.0. The van der Waals surface area contributed by atoms with Crippen LogP contribution in [0.3, 0.4) is 0 Å². The Bertz CT molecular complexity index is 1530. The zero-order valence-corrected chi connectivity index (χ0v) is 25.0. The number of hydrogen-bond acceptors (Lipinski definition) is 8. The van der Waals surface area contributed by atoms with Crippen molar-refractivity contribution in [2.45, 2.75) is 37.9 Å². The zero-order chi connectivity index (χ0) is 31.4. The molecule has 44 heavy (non-hydrogen) atoms. The lowest BCUT2D eigenvalue weighted by Crippen LogP contribution is -2.51. The molecule has 2 heterocycles. The summed E-state index contributed by atoms with van der Waals surface area (Å²) in [5.41, 5.74) is 11.8. The molecule has 2 aliphatic rings. The molecule has 4 atom stereocenters. The van der Waals surface area contributed by atoms with Gasteiger partial charge in [-0.25, -0.2) is 4.39 Å². The number of halogens is 1. The fourth-order valence-corrected chi connectivity index (χ4v) is 6.46. The number of amides is 3. The van der Waals surface area contributed by atoms with Gasteiger partial charge in [-0.15, -0.1) is 11.3 Å². The predicted molar refractivity (Wildman–Crippen MR) is 163 cm³/mol. The molecule has 13 heteroatoms. The minimum atomic E-state index is -0.725. The van der Waals surface area contributed by atoms with Crippen molar-refractivity contribution in [2.24, 2.45) is 16.9 Å². The van der Waals surface area contributed by atoms with Crippen LogP contribution in [-0.4, -0.2) is 66.8 Å². The van der Waals surface area contributed by atoms with Crippen LogP contribution in [0.1, 0.15) is 46.6 Å². The van der Waals surface area contributed by atoms with E-state index in [-0.39, 0.29) is 47.5 Å². The third-order valence-electron chi connectivity index (χ3n) is 7.94. The van der Waals surface area contributed by atoms with Gasteiger partial charge in [0.05, 0.1) is 25.8 Å². The van der Waals surface area contributed by atoms with Crippen molar-refractivity contribution in [1.82, 2.24) is 15.5 Å². The first-order chi connectivity index (χ1) is 21.1. The maximum absolute atomic E-state index is 13.5. The predicted octanol–water partition coefficient (Wildman–Crippen LogP) is 2.91. The van der Waals surface area contributed by atoms with Crippen LogP contribution in [0, 0.1) is 16.6 Å². The van der Waals surface area contributed by atoms with Gasteiger partial charge < -0.3 is 36.5 Å². The number of ether oxygens (including phenoxy) is 2. The molecule has 1 saturated carbocycles. The molecule has 1 aromatic heterocycles. The quantitative estimate of drug-likeness (QED) is 0.111. The summed E-state index contributed by atoms with van der Waals surface area (Å²) in [6, 6.07) is 12.4. The Morgan fingerprint density at radius 1 is 1.11 bits per heavy atom. The molecule has 232 valence electrons. The second-order valence-electron chi connectivity index (χ2n) is 11.1. The zero-order valence-electron chi connectivity index (χ0n) is 24.2. The number of nitrogen functional groups attached to an aromatic ring is 1. The number of thiophene rings is 1. The van der Waals surface area contributed by atoms with Crippen molar-refractivity contribution in [1.29, 1.82) is 5.41 Å². The molecular weight excluding hydrogens is 587 g/mol. The molecule has 11 nitrogen and oxygen atoms in total. The molecule has 2 fully saturated rings. The molecule has 1 aliphatic carbocycles. The van der Waals surface area contributed by atoms with E-state index in [9.17, 15) is 18.8 Å². The van der Waals surface area contributed by atoms with E-state index in [1.807, 2.05) is 6.92 Å². The van der Waals surface area contributed by atoms with Gasteiger partial charge >= 0.3 is 0 Å². The van der Waals surface area contributed by atoms with Crippen molar-refractivity contribution < 1.29 is 28.2 Å². The normalized spacial score (nSPS) is 20.8. The van der Waals surface area contributed by atoms with E-state index < -0.39 is 11.9 Å². The van der Waals surface area contributed by atoms with Gasteiger partial charge in [-0.3, -0.25) is 19.8 Å². The van der Waals surface area contributed by atoms with Gasteiger partial charge in [0.15, 0.2) is 0 Å². The number of piperidine rings is 1. The Morgan fingerprint density at radius 3 is 2.43 bits per heavy atom. The summed E-state index contributed by atoms with van der Waals surface area (Å²) < 4.78 is 24.5. The Labute approximate surface area is 258 Å². The molecule has 0 spiro atoms. The molecular formula is C31H35FN6O5S. The molecule has 5 rings (SSSR count). The second kappa shape index (κ2) is 13.1. The van der Waals surface area contributed by atoms with Crippen LogP contribution in [0.2, 0.25) is 0 Å². The lowest BCUT2D eigenvalue weighted by molar-refractivity contribution is -0.139. The Balaban J connectivity index is 1.21. The number of nitrogens with zero attached hydrogens (tertiary/aromatic N) is 1. The number of fused-ring (bicyclic) bond motifs is 1. The standard InChI is InChI=1S/C31H35FN6O5S/c1-18(25-12-20(16-44-25)28(34)35)37-30(41)24-13-31(17-42-11-10-33)14-26(31)38(24)27(39)15-36-29(40)19-2-6-22(7-3-19)43-23-8-4-21(32)5-9-23/h2-9,12,16,18,24,26H,10-11,13-15,17,33H2,1H3,(H3,34,35)(H,36,40)(H,37,41)/t18-,24?,26?,31?/m1/s1. The number of benzene rings is 2. The van der Waals surface area contributed by atoms with Crippen LogP contribution in [0.15, 0.2) is 60.0 Å². The van der Waals surface area contributed by atoms with Crippen LogP contribution < -0.4 is 26.8 Å². The molecule has 7 N–H and O–H groups in total. The van der Waals surface area contributed by atoms with Gasteiger partial charge in [0.25, 0.3) is 5.91 Å². The highest BCUT2D eigenvalue weighted by Crippen LogP contribution is 2.59. The largest absolute Gasteiger partial charge is 0.457 e. The summed E-state index contributed by atoms with van der Waals surface area (Å²) in [6.07, 6.45) is 1.15. The smallest absolute Gasteiger partial charge is 0.251 e. The Morgan fingerprint density at radius 2 is 1.80 bits per heavy atom. The average Bonchev–Trinajstić information content (AvgIpc) is 3.33. The number of nitrogens with two attached hydrogens (primary N) is 2.